The van der Waals surface area contributed by atoms with Crippen molar-refractivity contribution in [1.29, 1.82) is 0 Å². The minimum Gasteiger partial charge on any atom is -0.508 e. The fourth-order valence-electron chi connectivity index (χ4n) is 5.81. The number of carboxylic acid groups (broad SMARTS) is 1. The number of nitrogens with zero attached hydrogens (tertiary/aromatic N) is 2. The van der Waals surface area contributed by atoms with Crippen molar-refractivity contribution in [3.63, 3.8) is 0 Å². The highest BCUT2D eigenvalue weighted by Gasteiger charge is 2.48. The number of para-hydroxylation sites is 1. The number of aliphatic carboxylic acids is 1. The predicted octanol–water partition coefficient (Wildman–Crippen LogP) is 4.30. The van der Waals surface area contributed by atoms with E-state index in [9.17, 15) is 19.8 Å². The molecule has 2 aliphatic rings. The summed E-state index contributed by atoms with van der Waals surface area (Å²) in [5.74, 6) is -0.578. The summed E-state index contributed by atoms with van der Waals surface area (Å²) in [4.78, 5) is 29.6. The average molecular weight is 485 g/mol. The van der Waals surface area contributed by atoms with Crippen molar-refractivity contribution in [2.45, 2.75) is 31.1 Å². The van der Waals surface area contributed by atoms with Crippen LogP contribution in [-0.4, -0.2) is 64.6 Å². The Morgan fingerprint density at radius 2 is 1.36 bits per heavy atom. The molecular formula is C30H32N2O4. The molecule has 186 valence electrons. The van der Waals surface area contributed by atoms with Crippen LogP contribution in [-0.2, 0) is 21.4 Å². The molecule has 2 N–H and O–H groups in total. The Labute approximate surface area is 211 Å². The molecule has 36 heavy (non-hydrogen) atoms. The molecule has 1 heterocycles. The van der Waals surface area contributed by atoms with Gasteiger partial charge in [0.15, 0.2) is 0 Å². The number of phenolic OH excluding ortho intramolecular Hbond substituents is 1. The van der Waals surface area contributed by atoms with Gasteiger partial charge in [-0.1, -0.05) is 73.2 Å². The highest BCUT2D eigenvalue weighted by Crippen LogP contribution is 2.51. The first-order chi connectivity index (χ1) is 17.5. The molecule has 6 heteroatoms. The highest BCUT2D eigenvalue weighted by molar-refractivity contribution is 5.97. The normalized spacial score (nSPS) is 16.4. The van der Waals surface area contributed by atoms with Gasteiger partial charge in [0, 0.05) is 31.7 Å². The Bertz CT molecular complexity index is 1220. The molecule has 5 rings (SSSR count). The number of rotatable bonds is 8. The van der Waals surface area contributed by atoms with E-state index < -0.39 is 11.4 Å². The number of piperazine rings is 1. The second-order valence-corrected chi connectivity index (χ2v) is 9.79. The van der Waals surface area contributed by atoms with Crippen molar-refractivity contribution in [1.82, 2.24) is 9.80 Å². The summed E-state index contributed by atoms with van der Waals surface area (Å²) in [6.45, 7) is 3.85. The lowest BCUT2D eigenvalue weighted by Gasteiger charge is -2.35. The molecule has 3 aromatic rings. The smallest absolute Gasteiger partial charge is 0.318 e. The molecule has 0 radical (unpaired) electrons. The largest absolute Gasteiger partial charge is 0.508 e. The Kier molecular flexibility index (Phi) is 6.79. The molecule has 0 saturated carbocycles. The van der Waals surface area contributed by atoms with Crippen LogP contribution in [0.5, 0.6) is 5.75 Å². The van der Waals surface area contributed by atoms with E-state index in [2.05, 4.69) is 4.90 Å². The molecule has 3 aromatic carbocycles. The van der Waals surface area contributed by atoms with Crippen molar-refractivity contribution in [3.8, 4) is 16.9 Å². The number of carbonyl (C=O) groups excluding carboxylic acids is 1. The number of carboxylic acids is 1. The van der Waals surface area contributed by atoms with Gasteiger partial charge in [0.2, 0.25) is 5.91 Å². The lowest BCUT2D eigenvalue weighted by molar-refractivity contribution is -0.142. The molecule has 1 fully saturated rings. The zero-order valence-corrected chi connectivity index (χ0v) is 20.4. The van der Waals surface area contributed by atoms with E-state index in [-0.39, 0.29) is 18.1 Å². The van der Waals surface area contributed by atoms with E-state index in [4.69, 9.17) is 0 Å². The van der Waals surface area contributed by atoms with Gasteiger partial charge in [-0.2, -0.15) is 0 Å². The Balaban J connectivity index is 1.16. The van der Waals surface area contributed by atoms with Crippen LogP contribution >= 0.6 is 0 Å². The number of aromatic hydroxyl groups is 1. The number of fused-ring (bicyclic) bond motifs is 3. The lowest BCUT2D eigenvalue weighted by atomic mass is 9.74. The van der Waals surface area contributed by atoms with Crippen LogP contribution in [0, 0.1) is 0 Å². The van der Waals surface area contributed by atoms with E-state index in [1.54, 1.807) is 18.2 Å². The third-order valence-electron chi connectivity index (χ3n) is 7.76. The van der Waals surface area contributed by atoms with Gasteiger partial charge in [-0.15, -0.1) is 0 Å². The molecule has 0 unspecified atom stereocenters. The molecule has 0 aromatic heterocycles. The maximum absolute atomic E-state index is 12.7. The Morgan fingerprint density at radius 3 is 1.97 bits per heavy atom. The highest BCUT2D eigenvalue weighted by atomic mass is 16.4. The van der Waals surface area contributed by atoms with Crippen LogP contribution in [0.25, 0.3) is 11.1 Å². The maximum Gasteiger partial charge on any atom is 0.318 e. The van der Waals surface area contributed by atoms with E-state index in [0.29, 0.717) is 25.1 Å². The predicted molar refractivity (Wildman–Crippen MR) is 139 cm³/mol. The van der Waals surface area contributed by atoms with Crippen LogP contribution in [0.1, 0.15) is 36.0 Å². The van der Waals surface area contributed by atoms with Gasteiger partial charge in [-0.3, -0.25) is 14.5 Å². The van der Waals surface area contributed by atoms with Gasteiger partial charge in [0.1, 0.15) is 11.2 Å². The molecule has 1 aliphatic heterocycles. The number of carbonyl (C=O) groups is 2. The first-order valence-corrected chi connectivity index (χ1v) is 12.7. The number of unbranched alkanes of at least 4 members (excludes halogenated alkanes) is 1. The fourth-order valence-corrected chi connectivity index (χ4v) is 5.81. The second-order valence-electron chi connectivity index (χ2n) is 9.79. The van der Waals surface area contributed by atoms with Crippen LogP contribution in [0.2, 0.25) is 0 Å². The number of phenols is 1. The molecule has 1 aliphatic carbocycles. The summed E-state index contributed by atoms with van der Waals surface area (Å²) in [7, 11) is 0. The number of hydrogen-bond acceptors (Lipinski definition) is 4. The SMILES string of the molecule is O=C(Cc1ccccc1O)N1CCN(CCCCC2(C(=O)O)c3ccccc3-c3ccccc32)CC1. The Hall–Kier alpha value is -3.64. The fraction of sp³-hybridized carbons (Fsp3) is 0.333. The van der Waals surface area contributed by atoms with Gasteiger partial charge in [0.05, 0.1) is 6.42 Å². The summed E-state index contributed by atoms with van der Waals surface area (Å²) < 4.78 is 0. The zero-order valence-electron chi connectivity index (χ0n) is 20.4. The second kappa shape index (κ2) is 10.2. The van der Waals surface area contributed by atoms with E-state index in [1.165, 1.54) is 0 Å². The topological polar surface area (TPSA) is 81.1 Å². The van der Waals surface area contributed by atoms with Crippen LogP contribution < -0.4 is 0 Å². The molecular weight excluding hydrogens is 452 g/mol. The number of benzene rings is 3. The molecule has 1 amide bonds. The molecule has 1 saturated heterocycles. The van der Waals surface area contributed by atoms with Crippen molar-refractivity contribution in [3.05, 3.63) is 89.5 Å². The summed E-state index contributed by atoms with van der Waals surface area (Å²) in [6.07, 6.45) is 2.49. The van der Waals surface area contributed by atoms with Crippen molar-refractivity contribution in [2.24, 2.45) is 0 Å². The van der Waals surface area contributed by atoms with Gasteiger partial charge in [-0.05, 0) is 47.7 Å². The maximum atomic E-state index is 12.7. The number of amides is 1. The summed E-state index contributed by atoms with van der Waals surface area (Å²) in [6, 6.07) is 22.8. The first kappa shape index (κ1) is 24.1. The zero-order chi connectivity index (χ0) is 25.1. The van der Waals surface area contributed by atoms with Crippen LogP contribution in [0.3, 0.4) is 0 Å². The van der Waals surface area contributed by atoms with E-state index in [0.717, 1.165) is 54.7 Å². The van der Waals surface area contributed by atoms with Crippen molar-refractivity contribution < 1.29 is 19.8 Å². The minimum absolute atomic E-state index is 0.0399. The summed E-state index contributed by atoms with van der Waals surface area (Å²) in [5, 5.41) is 20.4. The van der Waals surface area contributed by atoms with Gasteiger partial charge in [-0.25, -0.2) is 0 Å². The quantitative estimate of drug-likeness (QED) is 0.466. The molecule has 0 spiro atoms. The summed E-state index contributed by atoms with van der Waals surface area (Å²) in [5.41, 5.74) is 3.51. The third kappa shape index (κ3) is 4.37. The van der Waals surface area contributed by atoms with Crippen molar-refractivity contribution >= 4 is 11.9 Å². The molecule has 0 atom stereocenters. The molecule has 6 nitrogen and oxygen atoms in total. The van der Waals surface area contributed by atoms with E-state index in [1.807, 2.05) is 59.5 Å². The van der Waals surface area contributed by atoms with Gasteiger partial charge >= 0.3 is 5.97 Å². The average Bonchev–Trinajstić information content (AvgIpc) is 3.19. The van der Waals surface area contributed by atoms with Crippen LogP contribution in [0.4, 0.5) is 0 Å². The Morgan fingerprint density at radius 1 is 0.778 bits per heavy atom. The standard InChI is InChI=1S/C30H32N2O4/c33-27-14-6-1-9-22(27)21-28(34)32-19-17-31(18-20-32)16-8-7-15-30(29(35)36)25-12-4-2-10-23(25)24-11-3-5-13-26(24)30/h1-6,9-14,33H,7-8,15-21H2,(H,35,36). The summed E-state index contributed by atoms with van der Waals surface area (Å²) >= 11 is 0. The first-order valence-electron chi connectivity index (χ1n) is 12.7. The minimum atomic E-state index is -0.999. The van der Waals surface area contributed by atoms with Gasteiger partial charge in [0.25, 0.3) is 0 Å². The lowest BCUT2D eigenvalue weighted by Crippen LogP contribution is -2.49. The third-order valence-corrected chi connectivity index (χ3v) is 7.76. The molecule has 0 bridgehead atoms. The van der Waals surface area contributed by atoms with Crippen molar-refractivity contribution in [2.75, 3.05) is 32.7 Å². The monoisotopic (exact) mass is 484 g/mol. The number of hydrogen-bond donors (Lipinski definition) is 2. The van der Waals surface area contributed by atoms with Gasteiger partial charge < -0.3 is 15.1 Å². The van der Waals surface area contributed by atoms with Crippen LogP contribution in [0.15, 0.2) is 72.8 Å². The van der Waals surface area contributed by atoms with E-state index >= 15 is 0 Å².